The second-order valence-corrected chi connectivity index (χ2v) is 6.44. The molecule has 2 atom stereocenters. The fraction of sp³-hybridized carbons (Fsp3) is 0.412. The van der Waals surface area contributed by atoms with Crippen LogP contribution >= 0.6 is 0 Å². The summed E-state index contributed by atoms with van der Waals surface area (Å²) in [7, 11) is 0. The van der Waals surface area contributed by atoms with Crippen LogP contribution in [0.5, 0.6) is 0 Å². The molecule has 1 fully saturated rings. The summed E-state index contributed by atoms with van der Waals surface area (Å²) < 4.78 is 0. The molecule has 2 aliphatic heterocycles. The van der Waals surface area contributed by atoms with Crippen LogP contribution in [-0.2, 0) is 17.8 Å². The van der Waals surface area contributed by atoms with Crippen LogP contribution in [0.3, 0.4) is 0 Å². The van der Waals surface area contributed by atoms with Gasteiger partial charge in [0.2, 0.25) is 5.91 Å². The van der Waals surface area contributed by atoms with Crippen LogP contribution in [0.4, 0.5) is 0 Å². The smallest absolute Gasteiger partial charge is 0.254 e. The SMILES string of the molecule is O=C([C@@H]1C[C@@H](O)CN1)N1CCc2c(nc(-c3cccnc3)[nH]c2=O)C1. The zero-order chi connectivity index (χ0) is 17.4. The number of amides is 1. The number of nitrogens with zero attached hydrogens (tertiary/aromatic N) is 3. The van der Waals surface area contributed by atoms with E-state index in [9.17, 15) is 14.7 Å². The summed E-state index contributed by atoms with van der Waals surface area (Å²) in [6.07, 6.45) is 3.71. The largest absolute Gasteiger partial charge is 0.392 e. The predicted octanol–water partition coefficient (Wildman–Crippen LogP) is -0.561. The average Bonchev–Trinajstić information content (AvgIpc) is 3.07. The van der Waals surface area contributed by atoms with E-state index in [-0.39, 0.29) is 17.5 Å². The monoisotopic (exact) mass is 341 g/mol. The number of carbonyl (C=O) groups excluding carboxylic acids is 1. The second kappa shape index (κ2) is 6.38. The van der Waals surface area contributed by atoms with Crippen LogP contribution < -0.4 is 10.9 Å². The van der Waals surface area contributed by atoms with E-state index < -0.39 is 6.10 Å². The lowest BCUT2D eigenvalue weighted by molar-refractivity contribution is -0.134. The number of aliphatic hydroxyl groups excluding tert-OH is 1. The summed E-state index contributed by atoms with van der Waals surface area (Å²) in [6.45, 7) is 1.22. The number of hydrogen-bond acceptors (Lipinski definition) is 6. The number of aromatic amines is 1. The van der Waals surface area contributed by atoms with Gasteiger partial charge in [-0.25, -0.2) is 4.98 Å². The molecule has 2 aromatic rings. The molecule has 3 N–H and O–H groups in total. The highest BCUT2D eigenvalue weighted by Gasteiger charge is 2.33. The molecule has 1 amide bonds. The van der Waals surface area contributed by atoms with Gasteiger partial charge in [-0.15, -0.1) is 0 Å². The van der Waals surface area contributed by atoms with E-state index >= 15 is 0 Å². The molecule has 0 radical (unpaired) electrons. The Morgan fingerprint density at radius 3 is 3.00 bits per heavy atom. The summed E-state index contributed by atoms with van der Waals surface area (Å²) in [5.41, 5.74) is 1.83. The first kappa shape index (κ1) is 15.9. The highest BCUT2D eigenvalue weighted by Crippen LogP contribution is 2.20. The maximum Gasteiger partial charge on any atom is 0.254 e. The molecule has 0 spiro atoms. The quantitative estimate of drug-likeness (QED) is 0.675. The normalized spacial score (nSPS) is 22.7. The molecule has 2 aromatic heterocycles. The van der Waals surface area contributed by atoms with Crippen molar-refractivity contribution in [2.24, 2.45) is 0 Å². The summed E-state index contributed by atoms with van der Waals surface area (Å²) >= 11 is 0. The van der Waals surface area contributed by atoms with Gasteiger partial charge in [-0.2, -0.15) is 0 Å². The average molecular weight is 341 g/mol. The molecule has 4 rings (SSSR count). The zero-order valence-electron chi connectivity index (χ0n) is 13.6. The zero-order valence-corrected chi connectivity index (χ0v) is 13.6. The first-order chi connectivity index (χ1) is 12.1. The molecule has 25 heavy (non-hydrogen) atoms. The van der Waals surface area contributed by atoms with Crippen molar-refractivity contribution >= 4 is 5.91 Å². The van der Waals surface area contributed by atoms with Gasteiger partial charge in [-0.05, 0) is 25.0 Å². The van der Waals surface area contributed by atoms with Gasteiger partial charge in [0.15, 0.2) is 0 Å². The van der Waals surface area contributed by atoms with Gasteiger partial charge >= 0.3 is 0 Å². The Hall–Kier alpha value is -2.58. The number of aromatic nitrogens is 3. The minimum absolute atomic E-state index is 0.0489. The Kier molecular flexibility index (Phi) is 4.06. The van der Waals surface area contributed by atoms with Crippen LogP contribution in [-0.4, -0.2) is 56.1 Å². The molecule has 0 aliphatic carbocycles. The summed E-state index contributed by atoms with van der Waals surface area (Å²) in [5, 5.41) is 12.6. The van der Waals surface area contributed by atoms with E-state index in [1.165, 1.54) is 0 Å². The molecular formula is C17H19N5O3. The van der Waals surface area contributed by atoms with Crippen molar-refractivity contribution in [2.45, 2.75) is 31.5 Å². The molecule has 0 aromatic carbocycles. The van der Waals surface area contributed by atoms with Gasteiger partial charge in [-0.1, -0.05) is 0 Å². The first-order valence-electron chi connectivity index (χ1n) is 8.34. The molecule has 0 bridgehead atoms. The van der Waals surface area contributed by atoms with E-state index in [0.717, 1.165) is 5.56 Å². The number of H-pyrrole nitrogens is 1. The number of hydrogen-bond donors (Lipinski definition) is 3. The van der Waals surface area contributed by atoms with Gasteiger partial charge in [0.05, 0.1) is 24.4 Å². The molecule has 130 valence electrons. The number of carbonyl (C=O) groups is 1. The number of pyridine rings is 1. The Morgan fingerprint density at radius 2 is 2.28 bits per heavy atom. The minimum Gasteiger partial charge on any atom is -0.392 e. The number of fused-ring (bicyclic) bond motifs is 1. The van der Waals surface area contributed by atoms with Gasteiger partial charge in [0, 0.05) is 36.6 Å². The predicted molar refractivity (Wildman–Crippen MR) is 89.6 cm³/mol. The molecule has 1 saturated heterocycles. The maximum atomic E-state index is 12.6. The molecule has 0 unspecified atom stereocenters. The van der Waals surface area contributed by atoms with Crippen molar-refractivity contribution in [3.05, 3.63) is 46.1 Å². The lowest BCUT2D eigenvalue weighted by Gasteiger charge is -2.30. The Morgan fingerprint density at radius 1 is 1.40 bits per heavy atom. The lowest BCUT2D eigenvalue weighted by atomic mass is 10.0. The third-order valence-electron chi connectivity index (χ3n) is 4.73. The highest BCUT2D eigenvalue weighted by atomic mass is 16.3. The van der Waals surface area contributed by atoms with Crippen LogP contribution in [0.2, 0.25) is 0 Å². The van der Waals surface area contributed by atoms with Crippen molar-refractivity contribution in [3.63, 3.8) is 0 Å². The Balaban J connectivity index is 1.61. The third-order valence-corrected chi connectivity index (χ3v) is 4.73. The van der Waals surface area contributed by atoms with Gasteiger partial charge < -0.3 is 20.3 Å². The van der Waals surface area contributed by atoms with E-state index in [0.29, 0.717) is 49.6 Å². The topological polar surface area (TPSA) is 111 Å². The number of rotatable bonds is 2. The molecule has 4 heterocycles. The third kappa shape index (κ3) is 3.06. The van der Waals surface area contributed by atoms with E-state index in [1.54, 1.807) is 23.4 Å². The van der Waals surface area contributed by atoms with E-state index in [4.69, 9.17) is 0 Å². The fourth-order valence-electron chi connectivity index (χ4n) is 3.39. The van der Waals surface area contributed by atoms with E-state index in [2.05, 4.69) is 20.3 Å². The van der Waals surface area contributed by atoms with Gasteiger partial charge in [-0.3, -0.25) is 14.6 Å². The van der Waals surface area contributed by atoms with Crippen LogP contribution in [0, 0.1) is 0 Å². The Bertz CT molecular complexity index is 851. The second-order valence-electron chi connectivity index (χ2n) is 6.44. The van der Waals surface area contributed by atoms with Gasteiger partial charge in [0.25, 0.3) is 5.56 Å². The number of β-amino-alcohol motifs (C(OH)–C–C–N with tert-alkyl or cyclic N) is 1. The standard InChI is InChI=1S/C17H19N5O3/c23-11-6-13(19-8-11)17(25)22-5-3-12-14(9-22)20-15(21-16(12)24)10-2-1-4-18-7-10/h1-2,4,7,11,13,19,23H,3,5-6,8-9H2,(H,20,21,24)/t11-,13+/m1/s1. The molecule has 8 nitrogen and oxygen atoms in total. The van der Waals surface area contributed by atoms with Crippen molar-refractivity contribution in [2.75, 3.05) is 13.1 Å². The summed E-state index contributed by atoms with van der Waals surface area (Å²) in [6, 6.07) is 3.24. The van der Waals surface area contributed by atoms with Crippen LogP contribution in [0.25, 0.3) is 11.4 Å². The number of aliphatic hydroxyl groups is 1. The van der Waals surface area contributed by atoms with E-state index in [1.807, 2.05) is 6.07 Å². The van der Waals surface area contributed by atoms with Crippen LogP contribution in [0.15, 0.2) is 29.3 Å². The van der Waals surface area contributed by atoms with Crippen LogP contribution in [0.1, 0.15) is 17.7 Å². The summed E-state index contributed by atoms with van der Waals surface area (Å²) in [4.78, 5) is 38.1. The fourth-order valence-corrected chi connectivity index (χ4v) is 3.39. The van der Waals surface area contributed by atoms with Crippen molar-refractivity contribution in [3.8, 4) is 11.4 Å². The minimum atomic E-state index is -0.482. The van der Waals surface area contributed by atoms with Crippen molar-refractivity contribution in [1.82, 2.24) is 25.2 Å². The molecule has 2 aliphatic rings. The Labute approximate surface area is 143 Å². The number of nitrogens with one attached hydrogen (secondary N) is 2. The highest BCUT2D eigenvalue weighted by molar-refractivity contribution is 5.82. The lowest BCUT2D eigenvalue weighted by Crippen LogP contribution is -2.46. The van der Waals surface area contributed by atoms with Crippen molar-refractivity contribution in [1.29, 1.82) is 0 Å². The van der Waals surface area contributed by atoms with Gasteiger partial charge in [0.1, 0.15) is 5.82 Å². The first-order valence-corrected chi connectivity index (χ1v) is 8.34. The molecule has 0 saturated carbocycles. The molecular weight excluding hydrogens is 322 g/mol. The summed E-state index contributed by atoms with van der Waals surface area (Å²) in [5.74, 6) is 0.410. The van der Waals surface area contributed by atoms with Crippen molar-refractivity contribution < 1.29 is 9.90 Å². The maximum absolute atomic E-state index is 12.6. The molecule has 8 heteroatoms.